The number of nitrogens with two attached hydrogens (primary N) is 1. The van der Waals surface area contributed by atoms with Crippen LogP contribution < -0.4 is 5.73 Å². The predicted molar refractivity (Wildman–Crippen MR) is 74.6 cm³/mol. The highest BCUT2D eigenvalue weighted by atomic mass is 16.2. The minimum absolute atomic E-state index is 0.0323. The number of nitrogens with one attached hydrogen (secondary N) is 1. The quantitative estimate of drug-likeness (QED) is 0.879. The number of carbonyl (C=O) groups is 1. The average Bonchev–Trinajstić information content (AvgIpc) is 3.16. The van der Waals surface area contributed by atoms with E-state index in [9.17, 15) is 4.79 Å². The maximum atomic E-state index is 12.6. The van der Waals surface area contributed by atoms with Crippen molar-refractivity contribution < 1.29 is 4.79 Å². The molecule has 3 heterocycles. The van der Waals surface area contributed by atoms with Gasteiger partial charge in [0.15, 0.2) is 0 Å². The predicted octanol–water partition coefficient (Wildman–Crippen LogP) is 1.11. The van der Waals surface area contributed by atoms with Gasteiger partial charge in [0.25, 0.3) is 0 Å². The van der Waals surface area contributed by atoms with E-state index in [0.29, 0.717) is 0 Å². The number of aromatic nitrogens is 3. The van der Waals surface area contributed by atoms with Gasteiger partial charge in [-0.05, 0) is 25.0 Å². The van der Waals surface area contributed by atoms with Gasteiger partial charge in [-0.2, -0.15) is 5.10 Å². The molecule has 1 saturated heterocycles. The lowest BCUT2D eigenvalue weighted by molar-refractivity contribution is -0.133. The molecule has 0 aliphatic carbocycles. The summed E-state index contributed by atoms with van der Waals surface area (Å²) < 4.78 is 1.66. The monoisotopic (exact) mass is 273 g/mol. The fourth-order valence-corrected chi connectivity index (χ4v) is 2.83. The molecule has 6 nitrogen and oxygen atoms in total. The van der Waals surface area contributed by atoms with Crippen LogP contribution in [0.15, 0.2) is 30.7 Å². The minimum atomic E-state index is -0.640. The molecule has 3 N–H and O–H groups in total. The van der Waals surface area contributed by atoms with Crippen molar-refractivity contribution in [2.45, 2.75) is 24.9 Å². The number of nitrogens with zero attached hydrogens (tertiary/aromatic N) is 3. The Kier molecular flexibility index (Phi) is 3.31. The van der Waals surface area contributed by atoms with Crippen LogP contribution >= 0.6 is 0 Å². The summed E-state index contributed by atoms with van der Waals surface area (Å²) in [5.41, 5.74) is 7.93. The van der Waals surface area contributed by atoms with Gasteiger partial charge < -0.3 is 15.6 Å². The van der Waals surface area contributed by atoms with Gasteiger partial charge >= 0.3 is 0 Å². The second kappa shape index (κ2) is 5.13. The Bertz CT molecular complexity index is 588. The molecule has 2 aromatic rings. The van der Waals surface area contributed by atoms with Crippen LogP contribution in [-0.4, -0.2) is 32.1 Å². The third-order valence-corrected chi connectivity index (χ3v) is 3.87. The number of hydrogen-bond donors (Lipinski definition) is 2. The van der Waals surface area contributed by atoms with Crippen molar-refractivity contribution in [3.8, 4) is 0 Å². The molecule has 0 saturated carbocycles. The number of H-pyrrole nitrogens is 1. The summed E-state index contributed by atoms with van der Waals surface area (Å²) in [6.07, 6.45) is 7.32. The molecule has 2 unspecified atom stereocenters. The maximum absolute atomic E-state index is 12.6. The van der Waals surface area contributed by atoms with Crippen LogP contribution in [0.3, 0.4) is 0 Å². The summed E-state index contributed by atoms with van der Waals surface area (Å²) in [7, 11) is 1.82. The van der Waals surface area contributed by atoms with Crippen molar-refractivity contribution in [2.75, 3.05) is 6.54 Å². The average molecular weight is 273 g/mol. The molecule has 0 spiro atoms. The van der Waals surface area contributed by atoms with E-state index in [1.54, 1.807) is 17.1 Å². The SMILES string of the molecule is Cn1cc(C(N)C(=O)N2CCCC2c2ccc[nH]2)cn1. The zero-order chi connectivity index (χ0) is 14.1. The fraction of sp³-hybridized carbons (Fsp3) is 0.429. The molecule has 3 rings (SSSR count). The Morgan fingerprint density at radius 2 is 2.45 bits per heavy atom. The highest BCUT2D eigenvalue weighted by Crippen LogP contribution is 2.32. The van der Waals surface area contributed by atoms with Crippen LogP contribution in [0.1, 0.15) is 36.2 Å². The van der Waals surface area contributed by atoms with Gasteiger partial charge in [0.1, 0.15) is 6.04 Å². The summed E-state index contributed by atoms with van der Waals surface area (Å²) in [5.74, 6) is -0.0323. The van der Waals surface area contributed by atoms with E-state index in [1.165, 1.54) is 0 Å². The second-order valence-electron chi connectivity index (χ2n) is 5.24. The summed E-state index contributed by atoms with van der Waals surface area (Å²) in [4.78, 5) is 17.7. The molecule has 0 aromatic carbocycles. The Balaban J connectivity index is 1.79. The third-order valence-electron chi connectivity index (χ3n) is 3.87. The van der Waals surface area contributed by atoms with E-state index in [2.05, 4.69) is 10.1 Å². The number of hydrogen-bond acceptors (Lipinski definition) is 3. The van der Waals surface area contributed by atoms with Crippen LogP contribution in [0.5, 0.6) is 0 Å². The molecule has 1 aliphatic rings. The largest absolute Gasteiger partial charge is 0.363 e. The van der Waals surface area contributed by atoms with Gasteiger partial charge in [0, 0.05) is 37.2 Å². The van der Waals surface area contributed by atoms with Crippen LogP contribution in [0.2, 0.25) is 0 Å². The lowest BCUT2D eigenvalue weighted by atomic mass is 10.1. The molecular formula is C14H19N5O. The topological polar surface area (TPSA) is 79.9 Å². The number of amides is 1. The van der Waals surface area contributed by atoms with Crippen molar-refractivity contribution >= 4 is 5.91 Å². The standard InChI is InChI=1S/C14H19N5O/c1-18-9-10(8-17-18)13(15)14(20)19-7-3-5-12(19)11-4-2-6-16-11/h2,4,6,8-9,12-13,16H,3,5,7,15H2,1H3. The molecular weight excluding hydrogens is 254 g/mol. The molecule has 0 bridgehead atoms. The van der Waals surface area contributed by atoms with Gasteiger partial charge in [-0.15, -0.1) is 0 Å². The van der Waals surface area contributed by atoms with Crippen LogP contribution in [0.4, 0.5) is 0 Å². The van der Waals surface area contributed by atoms with E-state index in [1.807, 2.05) is 30.3 Å². The highest BCUT2D eigenvalue weighted by Gasteiger charge is 2.33. The zero-order valence-electron chi connectivity index (χ0n) is 11.5. The third kappa shape index (κ3) is 2.22. The first-order valence-corrected chi connectivity index (χ1v) is 6.84. The van der Waals surface area contributed by atoms with Gasteiger partial charge in [0.2, 0.25) is 5.91 Å². The Morgan fingerprint density at radius 3 is 3.10 bits per heavy atom. The Morgan fingerprint density at radius 1 is 1.60 bits per heavy atom. The first-order valence-electron chi connectivity index (χ1n) is 6.84. The molecule has 1 fully saturated rings. The lowest BCUT2D eigenvalue weighted by Crippen LogP contribution is -2.38. The number of aromatic amines is 1. The normalized spacial score (nSPS) is 20.3. The van der Waals surface area contributed by atoms with E-state index in [-0.39, 0.29) is 11.9 Å². The molecule has 2 aromatic heterocycles. The Labute approximate surface area is 117 Å². The number of carbonyl (C=O) groups excluding carboxylic acids is 1. The summed E-state index contributed by atoms with van der Waals surface area (Å²) in [5, 5.41) is 4.08. The zero-order valence-corrected chi connectivity index (χ0v) is 11.5. The van der Waals surface area contributed by atoms with Gasteiger partial charge in [0.05, 0.1) is 12.2 Å². The summed E-state index contributed by atoms with van der Waals surface area (Å²) >= 11 is 0. The number of likely N-dealkylation sites (tertiary alicyclic amines) is 1. The van der Waals surface area contributed by atoms with Crippen LogP contribution in [0.25, 0.3) is 0 Å². The van der Waals surface area contributed by atoms with Crippen molar-refractivity contribution in [1.82, 2.24) is 19.7 Å². The molecule has 2 atom stereocenters. The van der Waals surface area contributed by atoms with Gasteiger partial charge in [-0.1, -0.05) is 0 Å². The lowest BCUT2D eigenvalue weighted by Gasteiger charge is -2.26. The van der Waals surface area contributed by atoms with E-state index >= 15 is 0 Å². The molecule has 1 amide bonds. The second-order valence-corrected chi connectivity index (χ2v) is 5.24. The molecule has 20 heavy (non-hydrogen) atoms. The van der Waals surface area contributed by atoms with Gasteiger partial charge in [-0.3, -0.25) is 9.48 Å². The van der Waals surface area contributed by atoms with Crippen LogP contribution in [-0.2, 0) is 11.8 Å². The number of rotatable bonds is 3. The number of aryl methyl sites for hydroxylation is 1. The summed E-state index contributed by atoms with van der Waals surface area (Å²) in [6, 6.07) is 3.45. The van der Waals surface area contributed by atoms with Crippen molar-refractivity contribution in [1.29, 1.82) is 0 Å². The fourth-order valence-electron chi connectivity index (χ4n) is 2.83. The maximum Gasteiger partial charge on any atom is 0.244 e. The Hall–Kier alpha value is -2.08. The summed E-state index contributed by atoms with van der Waals surface area (Å²) in [6.45, 7) is 0.760. The molecule has 6 heteroatoms. The van der Waals surface area contributed by atoms with E-state index < -0.39 is 6.04 Å². The van der Waals surface area contributed by atoms with E-state index in [4.69, 9.17) is 5.73 Å². The van der Waals surface area contributed by atoms with Crippen molar-refractivity contribution in [3.05, 3.63) is 42.0 Å². The molecule has 0 radical (unpaired) electrons. The van der Waals surface area contributed by atoms with E-state index in [0.717, 1.165) is 30.6 Å². The molecule has 106 valence electrons. The van der Waals surface area contributed by atoms with Crippen LogP contribution in [0, 0.1) is 0 Å². The minimum Gasteiger partial charge on any atom is -0.363 e. The van der Waals surface area contributed by atoms with Gasteiger partial charge in [-0.25, -0.2) is 0 Å². The smallest absolute Gasteiger partial charge is 0.244 e. The molecule has 1 aliphatic heterocycles. The highest BCUT2D eigenvalue weighted by molar-refractivity contribution is 5.83. The van der Waals surface area contributed by atoms with Crippen molar-refractivity contribution in [2.24, 2.45) is 12.8 Å². The first kappa shape index (κ1) is 12.9. The van der Waals surface area contributed by atoms with Crippen molar-refractivity contribution in [3.63, 3.8) is 0 Å². The first-order chi connectivity index (χ1) is 9.66.